The standard InChI is InChI=1S/C33H36F6N2/c1-30(2,3)27-21-14-10-15-22(21)40-24(28(27)32(34,35)36)17-18-31(4,5)26-20-13-9-16-23(20)41-29(33(37,38)39)25(26)19-11-7-6-8-12-19/h6-8,11-12H,9-10,13-18H2,1-5H3. The van der Waals surface area contributed by atoms with Crippen molar-refractivity contribution in [2.75, 3.05) is 0 Å². The Balaban J connectivity index is 1.67. The molecule has 1 aromatic carbocycles. The molecular formula is C33H36F6N2. The predicted molar refractivity (Wildman–Crippen MR) is 148 cm³/mol. The van der Waals surface area contributed by atoms with Crippen LogP contribution in [0.1, 0.15) is 104 Å². The van der Waals surface area contributed by atoms with Crippen LogP contribution in [0, 0.1) is 0 Å². The van der Waals surface area contributed by atoms with Crippen LogP contribution in [-0.2, 0) is 55.3 Å². The zero-order valence-electron chi connectivity index (χ0n) is 24.2. The molecule has 220 valence electrons. The number of fused-ring (bicyclic) bond motifs is 2. The molecule has 0 unspecified atom stereocenters. The Morgan fingerprint density at radius 3 is 1.76 bits per heavy atom. The minimum atomic E-state index is -4.68. The van der Waals surface area contributed by atoms with E-state index >= 15 is 0 Å². The fourth-order valence-electron chi connectivity index (χ4n) is 6.92. The van der Waals surface area contributed by atoms with E-state index in [1.54, 1.807) is 51.1 Å². The molecule has 0 saturated carbocycles. The molecule has 2 aromatic heterocycles. The molecule has 3 aromatic rings. The van der Waals surface area contributed by atoms with Crippen LogP contribution in [-0.4, -0.2) is 9.97 Å². The van der Waals surface area contributed by atoms with Gasteiger partial charge in [-0.2, -0.15) is 26.3 Å². The van der Waals surface area contributed by atoms with Crippen molar-refractivity contribution in [3.05, 3.63) is 80.9 Å². The summed E-state index contributed by atoms with van der Waals surface area (Å²) in [6.45, 7) is 9.09. The summed E-state index contributed by atoms with van der Waals surface area (Å²) in [7, 11) is 0. The second kappa shape index (κ2) is 10.1. The molecule has 2 nitrogen and oxygen atoms in total. The molecule has 2 aliphatic rings. The van der Waals surface area contributed by atoms with E-state index in [9.17, 15) is 26.3 Å². The van der Waals surface area contributed by atoms with E-state index in [1.165, 1.54) is 0 Å². The fourth-order valence-corrected chi connectivity index (χ4v) is 6.92. The quantitative estimate of drug-likeness (QED) is 0.284. The molecule has 5 rings (SSSR count). The highest BCUT2D eigenvalue weighted by molar-refractivity contribution is 5.74. The summed E-state index contributed by atoms with van der Waals surface area (Å²) < 4.78 is 87.7. The fraction of sp³-hybridized carbons (Fsp3) is 0.515. The van der Waals surface area contributed by atoms with Gasteiger partial charge in [0.2, 0.25) is 0 Å². The summed E-state index contributed by atoms with van der Waals surface area (Å²) >= 11 is 0. The van der Waals surface area contributed by atoms with Gasteiger partial charge in [0.1, 0.15) is 0 Å². The number of alkyl halides is 6. The predicted octanol–water partition coefficient (Wildman–Crippen LogP) is 9.37. The number of hydrogen-bond acceptors (Lipinski definition) is 2. The van der Waals surface area contributed by atoms with E-state index < -0.39 is 34.4 Å². The van der Waals surface area contributed by atoms with E-state index in [0.717, 1.165) is 17.7 Å². The lowest BCUT2D eigenvalue weighted by Gasteiger charge is -2.33. The number of pyridine rings is 2. The Morgan fingerprint density at radius 1 is 0.659 bits per heavy atom. The number of halogens is 6. The average Bonchev–Trinajstić information content (AvgIpc) is 3.53. The van der Waals surface area contributed by atoms with Crippen molar-refractivity contribution in [3.8, 4) is 11.1 Å². The first-order chi connectivity index (χ1) is 19.0. The molecule has 0 aliphatic heterocycles. The van der Waals surface area contributed by atoms with Crippen molar-refractivity contribution in [2.24, 2.45) is 0 Å². The van der Waals surface area contributed by atoms with Gasteiger partial charge in [0.15, 0.2) is 5.69 Å². The third kappa shape index (κ3) is 5.51. The van der Waals surface area contributed by atoms with E-state index in [1.807, 2.05) is 13.8 Å². The number of rotatable bonds is 5. The van der Waals surface area contributed by atoms with Gasteiger partial charge in [0.05, 0.1) is 11.3 Å². The molecule has 41 heavy (non-hydrogen) atoms. The smallest absolute Gasteiger partial charge is 0.257 e. The first-order valence-corrected chi connectivity index (χ1v) is 14.3. The third-order valence-electron chi connectivity index (χ3n) is 8.55. The summed E-state index contributed by atoms with van der Waals surface area (Å²) in [6, 6.07) is 8.42. The highest BCUT2D eigenvalue weighted by Crippen LogP contribution is 2.48. The maximum absolute atomic E-state index is 14.7. The Labute approximate surface area is 237 Å². The summed E-state index contributed by atoms with van der Waals surface area (Å²) in [4.78, 5) is 8.72. The Kier molecular flexibility index (Phi) is 7.31. The maximum atomic E-state index is 14.7. The summed E-state index contributed by atoms with van der Waals surface area (Å²) in [5.74, 6) is 0. The lowest BCUT2D eigenvalue weighted by Crippen LogP contribution is -2.28. The van der Waals surface area contributed by atoms with Crippen molar-refractivity contribution in [3.63, 3.8) is 0 Å². The van der Waals surface area contributed by atoms with Crippen molar-refractivity contribution in [1.29, 1.82) is 0 Å². The SMILES string of the molecule is CC(C)(C)c1c2c(nc(CCC(C)(C)c3c4c(nc(C(F)(F)F)c3-c3ccccc3)CCC4)c1C(F)(F)F)CCC2. The summed E-state index contributed by atoms with van der Waals surface area (Å²) in [6.07, 6.45) is -5.34. The highest BCUT2D eigenvalue weighted by atomic mass is 19.4. The zero-order chi connectivity index (χ0) is 30.0. The number of benzene rings is 1. The van der Waals surface area contributed by atoms with Crippen LogP contribution in [0.2, 0.25) is 0 Å². The molecule has 0 saturated heterocycles. The molecule has 0 atom stereocenters. The third-order valence-corrected chi connectivity index (χ3v) is 8.55. The van der Waals surface area contributed by atoms with Crippen LogP contribution in [0.15, 0.2) is 30.3 Å². The van der Waals surface area contributed by atoms with Gasteiger partial charge in [-0.25, -0.2) is 4.98 Å². The number of aryl methyl sites for hydroxylation is 3. The van der Waals surface area contributed by atoms with Gasteiger partial charge in [-0.1, -0.05) is 65.0 Å². The highest BCUT2D eigenvalue weighted by Gasteiger charge is 2.44. The number of hydrogen-bond donors (Lipinski definition) is 0. The van der Waals surface area contributed by atoms with Gasteiger partial charge >= 0.3 is 12.4 Å². The van der Waals surface area contributed by atoms with E-state index in [-0.39, 0.29) is 24.1 Å². The molecule has 0 N–H and O–H groups in total. The second-order valence-corrected chi connectivity index (χ2v) is 13.1. The molecule has 2 heterocycles. The first kappa shape index (κ1) is 29.6. The normalized spacial score (nSPS) is 15.8. The monoisotopic (exact) mass is 574 g/mol. The Bertz CT molecular complexity index is 1460. The lowest BCUT2D eigenvalue weighted by molar-refractivity contribution is -0.141. The van der Waals surface area contributed by atoms with Crippen LogP contribution < -0.4 is 0 Å². The Hall–Kier alpha value is -2.90. The van der Waals surface area contributed by atoms with Crippen LogP contribution in [0.25, 0.3) is 11.1 Å². The topological polar surface area (TPSA) is 25.8 Å². The van der Waals surface area contributed by atoms with Crippen molar-refractivity contribution in [2.45, 2.75) is 109 Å². The van der Waals surface area contributed by atoms with Gasteiger partial charge in [-0.3, -0.25) is 4.98 Å². The average molecular weight is 575 g/mol. The van der Waals surface area contributed by atoms with E-state index in [4.69, 9.17) is 0 Å². The van der Waals surface area contributed by atoms with Crippen molar-refractivity contribution < 1.29 is 26.3 Å². The summed E-state index contributed by atoms with van der Waals surface area (Å²) in [5, 5.41) is 0. The minimum absolute atomic E-state index is 0.000780. The molecule has 0 fully saturated rings. The van der Waals surface area contributed by atoms with Gasteiger partial charge < -0.3 is 0 Å². The molecule has 2 aliphatic carbocycles. The molecule has 0 spiro atoms. The van der Waals surface area contributed by atoms with Crippen LogP contribution in [0.3, 0.4) is 0 Å². The Morgan fingerprint density at radius 2 is 1.22 bits per heavy atom. The first-order valence-electron chi connectivity index (χ1n) is 14.3. The maximum Gasteiger partial charge on any atom is 0.433 e. The van der Waals surface area contributed by atoms with Crippen LogP contribution in [0.4, 0.5) is 26.3 Å². The minimum Gasteiger partial charge on any atom is -0.257 e. The van der Waals surface area contributed by atoms with Crippen molar-refractivity contribution in [1.82, 2.24) is 9.97 Å². The molecule has 0 bridgehead atoms. The molecular weight excluding hydrogens is 538 g/mol. The van der Waals surface area contributed by atoms with Crippen molar-refractivity contribution >= 4 is 0 Å². The largest absolute Gasteiger partial charge is 0.433 e. The molecule has 0 radical (unpaired) electrons. The van der Waals surface area contributed by atoms with Gasteiger partial charge in [-0.15, -0.1) is 0 Å². The zero-order valence-corrected chi connectivity index (χ0v) is 24.2. The summed E-state index contributed by atoms with van der Waals surface area (Å²) in [5.41, 5.74) is 0.786. The lowest BCUT2D eigenvalue weighted by atomic mass is 9.73. The van der Waals surface area contributed by atoms with Gasteiger partial charge in [0, 0.05) is 17.0 Å². The van der Waals surface area contributed by atoms with E-state index in [0.29, 0.717) is 60.1 Å². The van der Waals surface area contributed by atoms with Gasteiger partial charge in [-0.05, 0) is 90.0 Å². The second-order valence-electron chi connectivity index (χ2n) is 13.1. The van der Waals surface area contributed by atoms with Crippen LogP contribution in [0.5, 0.6) is 0 Å². The van der Waals surface area contributed by atoms with E-state index in [2.05, 4.69) is 9.97 Å². The molecule has 8 heteroatoms. The van der Waals surface area contributed by atoms with Gasteiger partial charge in [0.25, 0.3) is 0 Å². The van der Waals surface area contributed by atoms with Crippen LogP contribution >= 0.6 is 0 Å². The molecule has 0 amide bonds. The number of aromatic nitrogens is 2. The number of nitrogens with zero attached hydrogens (tertiary/aromatic N) is 2.